The predicted molar refractivity (Wildman–Crippen MR) is 73.5 cm³/mol. The van der Waals surface area contributed by atoms with E-state index >= 15 is 0 Å². The van der Waals surface area contributed by atoms with E-state index in [0.29, 0.717) is 20.3 Å². The molecule has 0 radical (unpaired) electrons. The van der Waals surface area contributed by atoms with E-state index in [-0.39, 0.29) is 18.3 Å². The first-order valence-electron chi connectivity index (χ1n) is 5.18. The summed E-state index contributed by atoms with van der Waals surface area (Å²) >= 11 is 8.27. The Labute approximate surface area is 117 Å². The molecule has 1 amide bonds. The molecule has 96 valence electrons. The minimum atomic E-state index is -0.371. The molecule has 7 heteroatoms. The van der Waals surface area contributed by atoms with Gasteiger partial charge in [-0.1, -0.05) is 0 Å². The number of halogens is 2. The molecule has 0 aliphatic heterocycles. The van der Waals surface area contributed by atoms with Crippen molar-refractivity contribution >= 4 is 45.1 Å². The molecule has 0 unspecified atom stereocenters. The molecule has 1 aromatic carbocycles. The Balaban J connectivity index is 2.57. The molecule has 1 aromatic heterocycles. The van der Waals surface area contributed by atoms with Gasteiger partial charge in [-0.15, -0.1) is 0 Å². The number of benzene rings is 1. The number of aromatic nitrogens is 2. The highest BCUT2D eigenvalue weighted by Crippen LogP contribution is 2.23. The number of amides is 1. The van der Waals surface area contributed by atoms with Crippen LogP contribution in [-0.2, 0) is 11.3 Å². The van der Waals surface area contributed by atoms with Crippen LogP contribution in [0.3, 0.4) is 0 Å². The Morgan fingerprint density at radius 3 is 2.83 bits per heavy atom. The molecule has 0 bridgehead atoms. The van der Waals surface area contributed by atoms with Gasteiger partial charge < -0.3 is 14.5 Å². The molecule has 0 fully saturated rings. The number of aromatic amines is 1. The van der Waals surface area contributed by atoms with Crippen LogP contribution in [0.25, 0.3) is 11.0 Å². The molecular formula is C11H11BrFN3OS. The Bertz CT molecular complexity index is 677. The summed E-state index contributed by atoms with van der Waals surface area (Å²) in [6.45, 7) is 0.129. The third-order valence-electron chi connectivity index (χ3n) is 2.61. The van der Waals surface area contributed by atoms with Crippen LogP contribution in [0.15, 0.2) is 16.6 Å². The molecule has 18 heavy (non-hydrogen) atoms. The summed E-state index contributed by atoms with van der Waals surface area (Å²) in [4.78, 5) is 16.1. The highest BCUT2D eigenvalue weighted by molar-refractivity contribution is 9.10. The van der Waals surface area contributed by atoms with Crippen LogP contribution in [-0.4, -0.2) is 34.5 Å². The summed E-state index contributed by atoms with van der Waals surface area (Å²) in [7, 11) is 3.35. The topological polar surface area (TPSA) is 41.0 Å². The fourth-order valence-electron chi connectivity index (χ4n) is 1.59. The minimum Gasteiger partial charge on any atom is -0.347 e. The summed E-state index contributed by atoms with van der Waals surface area (Å²) in [5, 5.41) is 0. The maximum atomic E-state index is 13.4. The zero-order valence-corrected chi connectivity index (χ0v) is 12.2. The summed E-state index contributed by atoms with van der Waals surface area (Å²) < 4.78 is 15.8. The number of hydrogen-bond acceptors (Lipinski definition) is 2. The number of carbonyl (C=O) groups excluding carboxylic acids is 1. The van der Waals surface area contributed by atoms with Crippen LogP contribution >= 0.6 is 28.1 Å². The number of likely N-dealkylation sites (N-methyl/N-ethyl adjacent to an activating group) is 1. The van der Waals surface area contributed by atoms with Gasteiger partial charge in [0.2, 0.25) is 5.91 Å². The smallest absolute Gasteiger partial charge is 0.242 e. The summed E-state index contributed by atoms with van der Waals surface area (Å²) in [6, 6.07) is 2.96. The first-order valence-corrected chi connectivity index (χ1v) is 6.38. The number of nitrogens with one attached hydrogen (secondary N) is 1. The molecule has 2 aromatic rings. The van der Waals surface area contributed by atoms with E-state index in [4.69, 9.17) is 12.2 Å². The first kappa shape index (κ1) is 13.2. The van der Waals surface area contributed by atoms with Crippen molar-refractivity contribution in [3.05, 3.63) is 27.2 Å². The molecular weight excluding hydrogens is 321 g/mol. The van der Waals surface area contributed by atoms with Gasteiger partial charge in [0.1, 0.15) is 12.4 Å². The molecule has 1 N–H and O–H groups in total. The van der Waals surface area contributed by atoms with Gasteiger partial charge in [0.25, 0.3) is 0 Å². The van der Waals surface area contributed by atoms with E-state index in [1.54, 1.807) is 24.7 Å². The highest BCUT2D eigenvalue weighted by atomic mass is 79.9. The van der Waals surface area contributed by atoms with Crippen LogP contribution in [0, 0.1) is 10.6 Å². The lowest BCUT2D eigenvalue weighted by Crippen LogP contribution is -2.26. The molecule has 4 nitrogen and oxygen atoms in total. The van der Waals surface area contributed by atoms with Gasteiger partial charge in [-0.3, -0.25) is 4.79 Å². The third kappa shape index (κ3) is 2.32. The van der Waals surface area contributed by atoms with E-state index in [0.717, 1.165) is 0 Å². The zero-order valence-electron chi connectivity index (χ0n) is 9.83. The van der Waals surface area contributed by atoms with E-state index < -0.39 is 0 Å². The van der Waals surface area contributed by atoms with E-state index in [2.05, 4.69) is 20.9 Å². The Hall–Kier alpha value is -1.21. The highest BCUT2D eigenvalue weighted by Gasteiger charge is 2.12. The van der Waals surface area contributed by atoms with Gasteiger partial charge in [0, 0.05) is 20.2 Å². The van der Waals surface area contributed by atoms with Crippen LogP contribution in [0.4, 0.5) is 4.39 Å². The van der Waals surface area contributed by atoms with Crippen molar-refractivity contribution in [1.29, 1.82) is 0 Å². The fourth-order valence-corrected chi connectivity index (χ4v) is 2.19. The fraction of sp³-hybridized carbons (Fsp3) is 0.273. The molecule has 0 atom stereocenters. The molecule has 2 rings (SSSR count). The average molecular weight is 332 g/mol. The predicted octanol–water partition coefficient (Wildman–Crippen LogP) is 2.69. The molecule has 0 aliphatic rings. The monoisotopic (exact) mass is 331 g/mol. The van der Waals surface area contributed by atoms with Gasteiger partial charge in [-0.05, 0) is 34.2 Å². The van der Waals surface area contributed by atoms with Crippen molar-refractivity contribution in [3.8, 4) is 0 Å². The number of fused-ring (bicyclic) bond motifs is 1. The first-order chi connectivity index (χ1) is 8.40. The number of H-pyrrole nitrogens is 1. The summed E-state index contributed by atoms with van der Waals surface area (Å²) in [6.07, 6.45) is 0. The normalized spacial score (nSPS) is 10.9. The lowest BCUT2D eigenvalue weighted by Gasteiger charge is -2.11. The Kier molecular flexibility index (Phi) is 3.54. The molecule has 0 spiro atoms. The summed E-state index contributed by atoms with van der Waals surface area (Å²) in [5.74, 6) is -0.447. The molecule has 0 saturated carbocycles. The second kappa shape index (κ2) is 4.81. The minimum absolute atomic E-state index is 0.0764. The van der Waals surface area contributed by atoms with E-state index in [1.165, 1.54) is 11.0 Å². The standard InChI is InChI=1S/C11H11BrFN3OS/c1-15(2)10(17)5-16-9-3-6(12)7(13)4-8(9)14-11(16)18/h3-4H,5H2,1-2H3,(H,14,18). The summed E-state index contributed by atoms with van der Waals surface area (Å²) in [5.41, 5.74) is 1.27. The maximum Gasteiger partial charge on any atom is 0.242 e. The van der Waals surface area contributed by atoms with Gasteiger partial charge in [-0.25, -0.2) is 4.39 Å². The van der Waals surface area contributed by atoms with Gasteiger partial charge >= 0.3 is 0 Å². The van der Waals surface area contributed by atoms with Crippen LogP contribution in [0.1, 0.15) is 0 Å². The second-order valence-electron chi connectivity index (χ2n) is 4.09. The average Bonchev–Trinajstić information content (AvgIpc) is 2.56. The lowest BCUT2D eigenvalue weighted by atomic mass is 10.3. The quantitative estimate of drug-likeness (QED) is 0.859. The van der Waals surface area contributed by atoms with Gasteiger partial charge in [0.15, 0.2) is 4.77 Å². The number of imidazole rings is 1. The Morgan fingerprint density at radius 1 is 1.56 bits per heavy atom. The zero-order chi connectivity index (χ0) is 13.4. The van der Waals surface area contributed by atoms with Crippen molar-refractivity contribution in [1.82, 2.24) is 14.5 Å². The van der Waals surface area contributed by atoms with Crippen molar-refractivity contribution in [2.45, 2.75) is 6.54 Å². The number of hydrogen-bond donors (Lipinski definition) is 1. The molecule has 0 saturated heterocycles. The largest absolute Gasteiger partial charge is 0.347 e. The SMILES string of the molecule is CN(C)C(=O)Cn1c(=S)[nH]c2cc(F)c(Br)cc21. The van der Waals surface area contributed by atoms with Crippen LogP contribution < -0.4 is 0 Å². The number of rotatable bonds is 2. The van der Waals surface area contributed by atoms with Crippen molar-refractivity contribution in [2.75, 3.05) is 14.1 Å². The molecule has 0 aliphatic carbocycles. The molecule has 1 heterocycles. The second-order valence-corrected chi connectivity index (χ2v) is 5.33. The van der Waals surface area contributed by atoms with E-state index in [1.807, 2.05) is 0 Å². The lowest BCUT2D eigenvalue weighted by molar-refractivity contribution is -0.129. The number of carbonyl (C=O) groups is 1. The van der Waals surface area contributed by atoms with E-state index in [9.17, 15) is 9.18 Å². The van der Waals surface area contributed by atoms with Crippen molar-refractivity contribution < 1.29 is 9.18 Å². The van der Waals surface area contributed by atoms with Crippen molar-refractivity contribution in [3.63, 3.8) is 0 Å². The van der Waals surface area contributed by atoms with Gasteiger partial charge in [-0.2, -0.15) is 0 Å². The third-order valence-corrected chi connectivity index (χ3v) is 3.54. The maximum absolute atomic E-state index is 13.4. The van der Waals surface area contributed by atoms with Crippen molar-refractivity contribution in [2.24, 2.45) is 0 Å². The Morgan fingerprint density at radius 2 is 2.22 bits per heavy atom. The van der Waals surface area contributed by atoms with Crippen LogP contribution in [0.2, 0.25) is 0 Å². The number of nitrogens with zero attached hydrogens (tertiary/aromatic N) is 2. The van der Waals surface area contributed by atoms with Gasteiger partial charge in [0.05, 0.1) is 15.5 Å². The van der Waals surface area contributed by atoms with Crippen LogP contribution in [0.5, 0.6) is 0 Å².